The van der Waals surface area contributed by atoms with Crippen molar-refractivity contribution in [1.29, 1.82) is 0 Å². The van der Waals surface area contributed by atoms with Crippen LogP contribution in [0.1, 0.15) is 11.1 Å². The number of amides is 1. The van der Waals surface area contributed by atoms with Gasteiger partial charge < -0.3 is 18.9 Å². The molecule has 0 atom stereocenters. The summed E-state index contributed by atoms with van der Waals surface area (Å²) in [6.07, 6.45) is 0.368. The summed E-state index contributed by atoms with van der Waals surface area (Å²) in [6, 6.07) is 21.2. The van der Waals surface area contributed by atoms with E-state index in [0.29, 0.717) is 28.9 Å². The quantitative estimate of drug-likeness (QED) is 0.368. The van der Waals surface area contributed by atoms with Gasteiger partial charge in [-0.15, -0.1) is 0 Å². The van der Waals surface area contributed by atoms with Gasteiger partial charge in [-0.05, 0) is 41.5 Å². The lowest BCUT2D eigenvalue weighted by atomic mass is 10.1. The minimum atomic E-state index is 0.139. The van der Waals surface area contributed by atoms with Crippen LogP contribution in [-0.4, -0.2) is 58.8 Å². The average Bonchev–Trinajstić information content (AvgIpc) is 3.60. The number of benzene rings is 3. The number of carbonyl (C=O) groups is 1. The van der Waals surface area contributed by atoms with Crippen molar-refractivity contribution < 1.29 is 18.8 Å². The van der Waals surface area contributed by atoms with Crippen LogP contribution in [0.15, 0.2) is 71.3 Å². The molecule has 3 heterocycles. The second-order valence-electron chi connectivity index (χ2n) is 9.15. The summed E-state index contributed by atoms with van der Waals surface area (Å²) >= 11 is 6.07. The molecule has 1 saturated heterocycles. The summed E-state index contributed by atoms with van der Waals surface area (Å²) in [5.41, 5.74) is 3.82. The number of piperazine rings is 1. The molecule has 8 nitrogen and oxygen atoms in total. The number of hydrogen-bond acceptors (Lipinski definition) is 7. The molecule has 6 rings (SSSR count). The van der Waals surface area contributed by atoms with Crippen molar-refractivity contribution in [1.82, 2.24) is 19.9 Å². The summed E-state index contributed by atoms with van der Waals surface area (Å²) in [7, 11) is 0. The molecule has 1 fully saturated rings. The van der Waals surface area contributed by atoms with Gasteiger partial charge >= 0.3 is 0 Å². The maximum atomic E-state index is 12.8. The molecule has 2 aliphatic rings. The van der Waals surface area contributed by atoms with Gasteiger partial charge in [0.1, 0.15) is 0 Å². The van der Waals surface area contributed by atoms with Crippen LogP contribution in [0.25, 0.3) is 22.8 Å². The third kappa shape index (κ3) is 5.30. The summed E-state index contributed by atoms with van der Waals surface area (Å²) in [5, 5.41) is 4.74. The monoisotopic (exact) mass is 516 g/mol. The molecule has 2 aliphatic heterocycles. The molecule has 0 saturated carbocycles. The first-order valence-electron chi connectivity index (χ1n) is 12.2. The fraction of sp³-hybridized carbons (Fsp3) is 0.250. The average molecular weight is 517 g/mol. The number of nitrogens with zero attached hydrogens (tertiary/aromatic N) is 4. The van der Waals surface area contributed by atoms with Crippen LogP contribution in [0.5, 0.6) is 11.5 Å². The molecule has 1 amide bonds. The van der Waals surface area contributed by atoms with Gasteiger partial charge in [0.15, 0.2) is 11.5 Å². The minimum Gasteiger partial charge on any atom is -0.454 e. The molecule has 0 aliphatic carbocycles. The van der Waals surface area contributed by atoms with E-state index in [1.54, 1.807) is 12.1 Å². The molecule has 0 bridgehead atoms. The van der Waals surface area contributed by atoms with Crippen LogP contribution in [0.2, 0.25) is 5.02 Å². The van der Waals surface area contributed by atoms with Crippen molar-refractivity contribution in [2.24, 2.45) is 0 Å². The highest BCUT2D eigenvalue weighted by Gasteiger charge is 2.22. The van der Waals surface area contributed by atoms with Crippen LogP contribution in [0.3, 0.4) is 0 Å². The van der Waals surface area contributed by atoms with Crippen molar-refractivity contribution >= 4 is 17.5 Å². The zero-order chi connectivity index (χ0) is 25.2. The fourth-order valence-electron chi connectivity index (χ4n) is 4.59. The molecule has 1 aromatic heterocycles. The zero-order valence-electron chi connectivity index (χ0n) is 20.1. The lowest BCUT2D eigenvalue weighted by Gasteiger charge is -2.35. The zero-order valence-corrected chi connectivity index (χ0v) is 20.9. The van der Waals surface area contributed by atoms with Crippen LogP contribution in [-0.2, 0) is 17.8 Å². The first-order valence-corrected chi connectivity index (χ1v) is 12.6. The number of ether oxygens (including phenoxy) is 2. The Hall–Kier alpha value is -3.88. The third-order valence-electron chi connectivity index (χ3n) is 6.63. The highest BCUT2D eigenvalue weighted by atomic mass is 35.5. The molecule has 9 heteroatoms. The summed E-state index contributed by atoms with van der Waals surface area (Å²) in [5.74, 6) is 2.56. The van der Waals surface area contributed by atoms with Gasteiger partial charge in [-0.1, -0.05) is 53.2 Å². The van der Waals surface area contributed by atoms with Crippen LogP contribution >= 0.6 is 11.6 Å². The van der Waals surface area contributed by atoms with E-state index < -0.39 is 0 Å². The molecule has 0 N–H and O–H groups in total. The Morgan fingerprint density at radius 3 is 2.46 bits per heavy atom. The Bertz CT molecular complexity index is 1410. The van der Waals surface area contributed by atoms with Crippen LogP contribution in [0, 0.1) is 0 Å². The predicted molar refractivity (Wildman–Crippen MR) is 138 cm³/mol. The molecule has 0 spiro atoms. The Morgan fingerprint density at radius 1 is 0.865 bits per heavy atom. The second-order valence-corrected chi connectivity index (χ2v) is 9.59. The largest absolute Gasteiger partial charge is 0.454 e. The van der Waals surface area contributed by atoms with E-state index in [9.17, 15) is 4.79 Å². The molecular formula is C28H25ClN4O4. The third-order valence-corrected chi connectivity index (χ3v) is 6.87. The molecule has 4 aromatic rings. The van der Waals surface area contributed by atoms with Crippen molar-refractivity contribution in [2.75, 3.05) is 33.0 Å². The maximum Gasteiger partial charge on any atom is 0.258 e. The number of hydrogen-bond donors (Lipinski definition) is 0. The number of carbonyl (C=O) groups excluding carboxylic acids is 1. The smallest absolute Gasteiger partial charge is 0.258 e. The van der Waals surface area contributed by atoms with E-state index in [-0.39, 0.29) is 12.7 Å². The molecular weight excluding hydrogens is 492 g/mol. The molecule has 3 aromatic carbocycles. The van der Waals surface area contributed by atoms with Gasteiger partial charge in [-0.2, -0.15) is 4.98 Å². The van der Waals surface area contributed by atoms with Gasteiger partial charge in [-0.3, -0.25) is 9.69 Å². The molecule has 188 valence electrons. The van der Waals surface area contributed by atoms with Crippen LogP contribution < -0.4 is 9.47 Å². The van der Waals surface area contributed by atoms with Crippen molar-refractivity contribution in [3.63, 3.8) is 0 Å². The number of fused-ring (bicyclic) bond motifs is 1. The second kappa shape index (κ2) is 10.2. The van der Waals surface area contributed by atoms with E-state index in [1.165, 1.54) is 5.56 Å². The SMILES string of the molecule is O=C(Cc1ccc2c(c1)OCO2)N1CCN(Cc2ccc(-c3noc(-c4cccc(Cl)c4)n3)cc2)CC1. The highest BCUT2D eigenvalue weighted by Crippen LogP contribution is 2.32. The highest BCUT2D eigenvalue weighted by molar-refractivity contribution is 6.30. The van der Waals surface area contributed by atoms with Gasteiger partial charge in [0.05, 0.1) is 6.42 Å². The first kappa shape index (κ1) is 23.5. The van der Waals surface area contributed by atoms with E-state index in [2.05, 4.69) is 27.2 Å². The Kier molecular flexibility index (Phi) is 6.51. The molecule has 37 heavy (non-hydrogen) atoms. The van der Waals surface area contributed by atoms with Gasteiger partial charge in [-0.25, -0.2) is 0 Å². The number of aromatic nitrogens is 2. The van der Waals surface area contributed by atoms with E-state index in [0.717, 1.165) is 55.2 Å². The summed E-state index contributed by atoms with van der Waals surface area (Å²) in [4.78, 5) is 21.6. The normalized spacial score (nSPS) is 15.2. The standard InChI is InChI=1S/C28H25ClN4O4/c29-23-3-1-2-22(16-23)28-30-27(31-37-28)21-7-4-19(5-8-21)17-32-10-12-33(13-11-32)26(34)15-20-6-9-24-25(14-20)36-18-35-24/h1-9,14,16H,10-13,15,17-18H2. The minimum absolute atomic E-state index is 0.139. The van der Waals surface area contributed by atoms with Gasteiger partial charge in [0.2, 0.25) is 18.5 Å². The number of halogens is 1. The predicted octanol–water partition coefficient (Wildman–Crippen LogP) is 4.67. The van der Waals surface area contributed by atoms with E-state index in [1.807, 2.05) is 47.4 Å². The number of rotatable bonds is 6. The maximum absolute atomic E-state index is 12.8. The van der Waals surface area contributed by atoms with Crippen molar-refractivity contribution in [2.45, 2.75) is 13.0 Å². The summed E-state index contributed by atoms with van der Waals surface area (Å²) < 4.78 is 16.2. The van der Waals surface area contributed by atoms with Crippen molar-refractivity contribution in [3.8, 4) is 34.3 Å². The fourth-order valence-corrected chi connectivity index (χ4v) is 4.78. The first-order chi connectivity index (χ1) is 18.1. The summed E-state index contributed by atoms with van der Waals surface area (Å²) in [6.45, 7) is 4.17. The van der Waals surface area contributed by atoms with E-state index in [4.69, 9.17) is 25.6 Å². The Morgan fingerprint density at radius 2 is 1.65 bits per heavy atom. The Balaban J connectivity index is 1.01. The lowest BCUT2D eigenvalue weighted by molar-refractivity contribution is -0.132. The Labute approximate surface area is 219 Å². The van der Waals surface area contributed by atoms with Crippen LogP contribution in [0.4, 0.5) is 0 Å². The topological polar surface area (TPSA) is 80.9 Å². The van der Waals surface area contributed by atoms with Gasteiger partial charge in [0.25, 0.3) is 5.89 Å². The lowest BCUT2D eigenvalue weighted by Crippen LogP contribution is -2.48. The molecule has 0 unspecified atom stereocenters. The van der Waals surface area contributed by atoms with Gasteiger partial charge in [0, 0.05) is 48.9 Å². The van der Waals surface area contributed by atoms with Crippen molar-refractivity contribution in [3.05, 3.63) is 82.9 Å². The molecule has 0 radical (unpaired) electrons. The van der Waals surface area contributed by atoms with E-state index >= 15 is 0 Å².